The number of carbonyl (C=O) groups is 1. The van der Waals surface area contributed by atoms with Crippen molar-refractivity contribution < 1.29 is 18.3 Å². The number of hydrogen-bond acceptors (Lipinski definition) is 8. The average molecular weight is 541 g/mol. The summed E-state index contributed by atoms with van der Waals surface area (Å²) in [4.78, 5) is 22.2. The second kappa shape index (κ2) is 11.7. The van der Waals surface area contributed by atoms with Gasteiger partial charge in [0.25, 0.3) is 0 Å². The number of likely N-dealkylation sites (tertiary alicyclic amines) is 1. The number of amides is 1. The van der Waals surface area contributed by atoms with Crippen molar-refractivity contribution in [3.63, 3.8) is 0 Å². The van der Waals surface area contributed by atoms with Crippen molar-refractivity contribution in [2.24, 2.45) is 0 Å². The molecule has 1 amide bonds. The van der Waals surface area contributed by atoms with Gasteiger partial charge >= 0.3 is 0 Å². The van der Waals surface area contributed by atoms with Crippen molar-refractivity contribution in [1.82, 2.24) is 19.6 Å². The zero-order chi connectivity index (χ0) is 23.8. The highest BCUT2D eigenvalue weighted by molar-refractivity contribution is 9.10. The highest BCUT2D eigenvalue weighted by Gasteiger charge is 2.20. The molecule has 33 heavy (non-hydrogen) atoms. The molecular formula is C21H29BrN6O4S. The number of hydrogen-bond donors (Lipinski definition) is 4. The van der Waals surface area contributed by atoms with Crippen LogP contribution in [0.3, 0.4) is 0 Å². The van der Waals surface area contributed by atoms with Crippen molar-refractivity contribution in [3.8, 4) is 0 Å². The number of benzene rings is 1. The van der Waals surface area contributed by atoms with Gasteiger partial charge in [0, 0.05) is 37.9 Å². The Labute approximate surface area is 202 Å². The van der Waals surface area contributed by atoms with Gasteiger partial charge in [0.15, 0.2) is 0 Å². The quantitative estimate of drug-likeness (QED) is 0.301. The molecule has 1 aromatic carbocycles. The molecule has 0 bridgehead atoms. The fourth-order valence-electron chi connectivity index (χ4n) is 3.37. The molecule has 1 aromatic heterocycles. The third kappa shape index (κ3) is 7.10. The highest BCUT2D eigenvalue weighted by Crippen LogP contribution is 2.24. The van der Waals surface area contributed by atoms with Crippen molar-refractivity contribution in [2.45, 2.75) is 43.5 Å². The van der Waals surface area contributed by atoms with Crippen molar-refractivity contribution in [1.29, 1.82) is 0 Å². The van der Waals surface area contributed by atoms with Gasteiger partial charge in [-0.25, -0.2) is 18.1 Å². The van der Waals surface area contributed by atoms with E-state index in [0.717, 1.165) is 19.4 Å². The van der Waals surface area contributed by atoms with Crippen LogP contribution in [0.25, 0.3) is 0 Å². The number of halogens is 1. The molecule has 0 spiro atoms. The minimum atomic E-state index is -3.70. The van der Waals surface area contributed by atoms with Crippen LogP contribution >= 0.6 is 15.9 Å². The first-order chi connectivity index (χ1) is 15.8. The standard InChI is InChI=1S/C21H29BrN6O4S/c1-2-15(14-29)25-20-18(22)13-23-21(27-20)26-16-6-3-7-17(12-16)33(31,32)24-9-5-11-28-10-4-8-19(28)30/h3,6-7,12-13,15,24,29H,2,4-5,8-11,14H2,1H3,(H2,23,25,26,27)/t15-/m1/s1. The van der Waals surface area contributed by atoms with Crippen LogP contribution in [0.15, 0.2) is 39.8 Å². The first-order valence-corrected chi connectivity index (χ1v) is 13.1. The average Bonchev–Trinajstić information content (AvgIpc) is 3.22. The highest BCUT2D eigenvalue weighted by atomic mass is 79.9. The van der Waals surface area contributed by atoms with E-state index in [1.165, 1.54) is 12.1 Å². The predicted molar refractivity (Wildman–Crippen MR) is 130 cm³/mol. The van der Waals surface area contributed by atoms with Crippen LogP contribution in [-0.2, 0) is 14.8 Å². The lowest BCUT2D eigenvalue weighted by Crippen LogP contribution is -2.30. The van der Waals surface area contributed by atoms with E-state index in [1.54, 1.807) is 23.2 Å². The summed E-state index contributed by atoms with van der Waals surface area (Å²) in [6.07, 6.45) is 4.29. The summed E-state index contributed by atoms with van der Waals surface area (Å²) < 4.78 is 28.6. The maximum Gasteiger partial charge on any atom is 0.240 e. The van der Waals surface area contributed by atoms with Gasteiger partial charge in [-0.2, -0.15) is 4.98 Å². The number of aliphatic hydroxyl groups excluding tert-OH is 1. The fourth-order valence-corrected chi connectivity index (χ4v) is 4.79. The second-order valence-electron chi connectivity index (χ2n) is 7.71. The Morgan fingerprint density at radius 3 is 2.85 bits per heavy atom. The molecule has 1 aliphatic rings. The number of sulfonamides is 1. The minimum Gasteiger partial charge on any atom is -0.394 e. The molecule has 10 nitrogen and oxygen atoms in total. The predicted octanol–water partition coefficient (Wildman–Crippen LogP) is 2.46. The van der Waals surface area contributed by atoms with Gasteiger partial charge in [-0.1, -0.05) is 13.0 Å². The molecule has 12 heteroatoms. The second-order valence-corrected chi connectivity index (χ2v) is 10.3. The van der Waals surface area contributed by atoms with Gasteiger partial charge in [0.1, 0.15) is 5.82 Å². The van der Waals surface area contributed by atoms with Gasteiger partial charge < -0.3 is 20.6 Å². The molecule has 4 N–H and O–H groups in total. The monoisotopic (exact) mass is 540 g/mol. The molecule has 2 heterocycles. The topological polar surface area (TPSA) is 137 Å². The Balaban J connectivity index is 1.62. The Bertz CT molecular complexity index is 1060. The number of nitrogens with zero attached hydrogens (tertiary/aromatic N) is 3. The van der Waals surface area contributed by atoms with Crippen LogP contribution in [0.1, 0.15) is 32.6 Å². The maximum absolute atomic E-state index is 12.7. The van der Waals surface area contributed by atoms with Crippen molar-refractivity contribution in [2.75, 3.05) is 36.9 Å². The molecule has 180 valence electrons. The van der Waals surface area contributed by atoms with Gasteiger partial charge in [0.2, 0.25) is 21.9 Å². The Hall–Kier alpha value is -2.28. The van der Waals surface area contributed by atoms with E-state index in [0.29, 0.717) is 35.4 Å². The van der Waals surface area contributed by atoms with E-state index in [4.69, 9.17) is 0 Å². The summed E-state index contributed by atoms with van der Waals surface area (Å²) >= 11 is 3.39. The number of rotatable bonds is 12. The third-order valence-corrected chi connectivity index (χ3v) is 7.31. The number of nitrogens with one attached hydrogen (secondary N) is 3. The maximum atomic E-state index is 12.7. The van der Waals surface area contributed by atoms with Crippen LogP contribution in [0.2, 0.25) is 0 Å². The van der Waals surface area contributed by atoms with Crippen molar-refractivity contribution in [3.05, 3.63) is 34.9 Å². The number of aromatic nitrogens is 2. The summed E-state index contributed by atoms with van der Waals surface area (Å²) in [6, 6.07) is 6.23. The minimum absolute atomic E-state index is 0.0308. The van der Waals surface area contributed by atoms with E-state index in [2.05, 4.69) is 41.3 Å². The van der Waals surface area contributed by atoms with Gasteiger partial charge in [-0.15, -0.1) is 0 Å². The summed E-state index contributed by atoms with van der Waals surface area (Å²) in [6.45, 7) is 3.46. The van der Waals surface area contributed by atoms with E-state index >= 15 is 0 Å². The van der Waals surface area contributed by atoms with Gasteiger partial charge in [-0.05, 0) is 53.4 Å². The molecule has 1 atom stereocenters. The number of anilines is 3. The lowest BCUT2D eigenvalue weighted by molar-refractivity contribution is -0.127. The van der Waals surface area contributed by atoms with Gasteiger partial charge in [0.05, 0.1) is 22.0 Å². The molecule has 1 aliphatic heterocycles. The normalized spacial score (nSPS) is 15.0. The first-order valence-electron chi connectivity index (χ1n) is 10.9. The lowest BCUT2D eigenvalue weighted by Gasteiger charge is -2.16. The fraction of sp³-hybridized carbons (Fsp3) is 0.476. The van der Waals surface area contributed by atoms with Crippen LogP contribution in [0, 0.1) is 0 Å². The molecule has 0 radical (unpaired) electrons. The summed E-state index contributed by atoms with van der Waals surface area (Å²) in [7, 11) is -3.70. The number of carbonyl (C=O) groups excluding carboxylic acids is 1. The van der Waals surface area contributed by atoms with Crippen molar-refractivity contribution >= 4 is 49.3 Å². The largest absolute Gasteiger partial charge is 0.394 e. The molecule has 3 rings (SSSR count). The van der Waals surface area contributed by atoms with Crippen LogP contribution in [-0.4, -0.2) is 66.6 Å². The Morgan fingerprint density at radius 2 is 2.15 bits per heavy atom. The molecule has 0 saturated carbocycles. The van der Waals surface area contributed by atoms with E-state index < -0.39 is 10.0 Å². The van der Waals surface area contributed by atoms with E-state index in [-0.39, 0.29) is 35.9 Å². The van der Waals surface area contributed by atoms with Gasteiger partial charge in [-0.3, -0.25) is 4.79 Å². The Morgan fingerprint density at radius 1 is 1.33 bits per heavy atom. The SMILES string of the molecule is CC[C@H](CO)Nc1nc(Nc2cccc(S(=O)(=O)NCCCN3CCCC3=O)c2)ncc1Br. The summed E-state index contributed by atoms with van der Waals surface area (Å²) in [5.74, 6) is 0.938. The van der Waals surface area contributed by atoms with E-state index in [1.807, 2.05) is 6.92 Å². The molecular weight excluding hydrogens is 512 g/mol. The molecule has 0 unspecified atom stereocenters. The molecule has 0 aliphatic carbocycles. The molecule has 1 saturated heterocycles. The smallest absolute Gasteiger partial charge is 0.240 e. The number of aliphatic hydroxyl groups is 1. The van der Waals surface area contributed by atoms with Crippen LogP contribution in [0.4, 0.5) is 17.5 Å². The summed E-state index contributed by atoms with van der Waals surface area (Å²) in [5.41, 5.74) is 0.517. The third-order valence-electron chi connectivity index (χ3n) is 5.27. The van der Waals surface area contributed by atoms with E-state index in [9.17, 15) is 18.3 Å². The zero-order valence-corrected chi connectivity index (χ0v) is 20.8. The molecule has 2 aromatic rings. The van der Waals surface area contributed by atoms with Crippen LogP contribution < -0.4 is 15.4 Å². The first kappa shape index (κ1) is 25.3. The van der Waals surface area contributed by atoms with Crippen LogP contribution in [0.5, 0.6) is 0 Å². The Kier molecular flexibility index (Phi) is 9.01. The zero-order valence-electron chi connectivity index (χ0n) is 18.4. The molecule has 1 fully saturated rings. The summed E-state index contributed by atoms with van der Waals surface area (Å²) in [5, 5.41) is 15.6. The lowest BCUT2D eigenvalue weighted by atomic mass is 10.2.